The van der Waals surface area contributed by atoms with Crippen molar-refractivity contribution in [3.8, 4) is 11.5 Å². The van der Waals surface area contributed by atoms with Crippen molar-refractivity contribution in [2.24, 2.45) is 23.3 Å². The molecule has 0 radical (unpaired) electrons. The molecule has 8 heteroatoms. The number of hydrogen-bond donors (Lipinski definition) is 4. The Morgan fingerprint density at radius 3 is 1.75 bits per heavy atom. The summed E-state index contributed by atoms with van der Waals surface area (Å²) in [5.74, 6) is 3.02. The first-order valence-corrected chi connectivity index (χ1v) is 14.6. The van der Waals surface area contributed by atoms with E-state index in [9.17, 15) is 19.8 Å². The quantitative estimate of drug-likeness (QED) is 0.302. The van der Waals surface area contributed by atoms with E-state index in [0.717, 1.165) is 54.7 Å². The van der Waals surface area contributed by atoms with Gasteiger partial charge in [-0.25, -0.2) is 0 Å². The lowest BCUT2D eigenvalue weighted by molar-refractivity contribution is -0.122. The molecule has 0 saturated heterocycles. The van der Waals surface area contributed by atoms with Crippen molar-refractivity contribution >= 4 is 11.6 Å². The van der Waals surface area contributed by atoms with Crippen LogP contribution in [-0.4, -0.2) is 48.1 Å². The Hall–Kier alpha value is -2.78. The second kappa shape index (κ2) is 17.1. The molecule has 2 fully saturated rings. The van der Waals surface area contributed by atoms with Crippen LogP contribution in [0.3, 0.4) is 0 Å². The van der Waals surface area contributed by atoms with Gasteiger partial charge in [-0.15, -0.1) is 0 Å². The summed E-state index contributed by atoms with van der Waals surface area (Å²) in [6.07, 6.45) is 6.62. The molecule has 2 aromatic carbocycles. The number of carbonyl (C=O) groups excluding carboxylic acids is 2. The van der Waals surface area contributed by atoms with E-state index in [1.807, 2.05) is 48.5 Å². The van der Waals surface area contributed by atoms with Gasteiger partial charge in [0.25, 0.3) is 0 Å². The highest BCUT2D eigenvalue weighted by Crippen LogP contribution is 2.26. The number of nitrogens with two attached hydrogens (primary N) is 2. The third-order valence-electron chi connectivity index (χ3n) is 7.58. The van der Waals surface area contributed by atoms with Crippen LogP contribution < -0.4 is 20.9 Å². The van der Waals surface area contributed by atoms with Gasteiger partial charge >= 0.3 is 0 Å². The Bertz CT molecular complexity index is 1050. The van der Waals surface area contributed by atoms with Crippen molar-refractivity contribution in [2.45, 2.75) is 76.4 Å². The van der Waals surface area contributed by atoms with E-state index >= 15 is 0 Å². The van der Waals surface area contributed by atoms with Crippen molar-refractivity contribution in [1.82, 2.24) is 0 Å². The van der Waals surface area contributed by atoms with E-state index in [1.165, 1.54) is 0 Å². The number of aliphatic hydroxyl groups is 2. The van der Waals surface area contributed by atoms with Gasteiger partial charge in [-0.05, 0) is 98.8 Å². The van der Waals surface area contributed by atoms with E-state index in [4.69, 9.17) is 20.9 Å². The average Bonchev–Trinajstić information content (AvgIpc) is 2.97. The molecule has 0 amide bonds. The molecule has 6 N–H and O–H groups in total. The highest BCUT2D eigenvalue weighted by Gasteiger charge is 2.21. The SMILES string of the molecule is NCCC(O)c1cccc(OCC2CCC(=O)CC2)c1.NCCC(O)c1cccc(OCC2CCCC(=O)C2)c1. The Labute approximate surface area is 238 Å². The molecule has 0 spiro atoms. The van der Waals surface area contributed by atoms with Crippen LogP contribution in [0, 0.1) is 11.8 Å². The molecular formula is C32H46N2O6. The van der Waals surface area contributed by atoms with Gasteiger partial charge in [0, 0.05) is 25.7 Å². The fourth-order valence-corrected chi connectivity index (χ4v) is 5.12. The average molecular weight is 555 g/mol. The number of ketones is 2. The van der Waals surface area contributed by atoms with Crippen LogP contribution >= 0.6 is 0 Å². The maximum Gasteiger partial charge on any atom is 0.133 e. The van der Waals surface area contributed by atoms with Crippen molar-refractivity contribution in [2.75, 3.05) is 26.3 Å². The van der Waals surface area contributed by atoms with Gasteiger partial charge in [-0.3, -0.25) is 9.59 Å². The molecule has 2 saturated carbocycles. The largest absolute Gasteiger partial charge is 0.493 e. The number of carbonyl (C=O) groups is 2. The smallest absolute Gasteiger partial charge is 0.133 e. The normalized spacial score (nSPS) is 19.4. The number of aliphatic hydroxyl groups excluding tert-OH is 2. The van der Waals surface area contributed by atoms with E-state index in [1.54, 1.807) is 0 Å². The number of hydrogen-bond acceptors (Lipinski definition) is 8. The highest BCUT2D eigenvalue weighted by molar-refractivity contribution is 5.79. The fraction of sp³-hybridized carbons (Fsp3) is 0.562. The zero-order valence-corrected chi connectivity index (χ0v) is 23.5. The van der Waals surface area contributed by atoms with Gasteiger partial charge in [-0.1, -0.05) is 24.3 Å². The second-order valence-corrected chi connectivity index (χ2v) is 10.9. The van der Waals surface area contributed by atoms with E-state index < -0.39 is 12.2 Å². The topological polar surface area (TPSA) is 145 Å². The summed E-state index contributed by atoms with van der Waals surface area (Å²) >= 11 is 0. The number of ether oxygens (including phenoxy) is 2. The molecule has 220 valence electrons. The third-order valence-corrected chi connectivity index (χ3v) is 7.58. The van der Waals surface area contributed by atoms with Crippen LogP contribution in [0.5, 0.6) is 11.5 Å². The Kier molecular flexibility index (Phi) is 13.6. The maximum atomic E-state index is 11.4. The molecule has 8 nitrogen and oxygen atoms in total. The predicted octanol–water partition coefficient (Wildman–Crippen LogP) is 4.41. The van der Waals surface area contributed by atoms with Crippen molar-refractivity contribution in [3.63, 3.8) is 0 Å². The zero-order chi connectivity index (χ0) is 28.7. The molecule has 2 aromatic rings. The Morgan fingerprint density at radius 2 is 1.25 bits per heavy atom. The maximum absolute atomic E-state index is 11.4. The molecule has 0 bridgehead atoms. The third kappa shape index (κ3) is 11.0. The lowest BCUT2D eigenvalue weighted by atomic mass is 9.89. The summed E-state index contributed by atoms with van der Waals surface area (Å²) in [4.78, 5) is 22.6. The molecule has 3 unspecified atom stereocenters. The number of Topliss-reactive ketones (excluding diaryl/α,β-unsaturated/α-hetero) is 2. The van der Waals surface area contributed by atoms with Crippen LogP contribution in [0.2, 0.25) is 0 Å². The minimum absolute atomic E-state index is 0.328. The van der Waals surface area contributed by atoms with Crippen LogP contribution in [0.15, 0.2) is 48.5 Å². The first-order chi connectivity index (χ1) is 19.4. The minimum Gasteiger partial charge on any atom is -0.493 e. The molecule has 2 aliphatic carbocycles. The monoisotopic (exact) mass is 554 g/mol. The molecule has 0 heterocycles. The molecular weight excluding hydrogens is 508 g/mol. The lowest BCUT2D eigenvalue weighted by Gasteiger charge is -2.21. The first kappa shape index (κ1) is 31.7. The van der Waals surface area contributed by atoms with Crippen LogP contribution in [0.4, 0.5) is 0 Å². The summed E-state index contributed by atoms with van der Waals surface area (Å²) in [6, 6.07) is 15.0. The van der Waals surface area contributed by atoms with Crippen LogP contribution in [0.25, 0.3) is 0 Å². The molecule has 40 heavy (non-hydrogen) atoms. The summed E-state index contributed by atoms with van der Waals surface area (Å²) in [7, 11) is 0. The van der Waals surface area contributed by atoms with Crippen molar-refractivity contribution < 1.29 is 29.3 Å². The van der Waals surface area contributed by atoms with E-state index in [-0.39, 0.29) is 0 Å². The molecule has 4 rings (SSSR count). The van der Waals surface area contributed by atoms with Gasteiger partial charge in [0.05, 0.1) is 25.4 Å². The summed E-state index contributed by atoms with van der Waals surface area (Å²) in [6.45, 7) is 2.13. The Morgan fingerprint density at radius 1 is 0.725 bits per heavy atom. The fourth-order valence-electron chi connectivity index (χ4n) is 5.12. The minimum atomic E-state index is -0.542. The summed E-state index contributed by atoms with van der Waals surface area (Å²) in [5, 5.41) is 19.8. The van der Waals surface area contributed by atoms with Crippen LogP contribution in [0.1, 0.15) is 87.5 Å². The van der Waals surface area contributed by atoms with Crippen molar-refractivity contribution in [1.29, 1.82) is 0 Å². The second-order valence-electron chi connectivity index (χ2n) is 10.9. The summed E-state index contributed by atoms with van der Waals surface area (Å²) in [5.41, 5.74) is 12.6. The van der Waals surface area contributed by atoms with Crippen LogP contribution in [-0.2, 0) is 9.59 Å². The zero-order valence-electron chi connectivity index (χ0n) is 23.5. The molecule has 0 aromatic heterocycles. The van der Waals surface area contributed by atoms with Crippen molar-refractivity contribution in [3.05, 3.63) is 59.7 Å². The lowest BCUT2D eigenvalue weighted by Crippen LogP contribution is -2.20. The molecule has 0 aliphatic heterocycles. The van der Waals surface area contributed by atoms with Gasteiger partial charge in [0.1, 0.15) is 23.1 Å². The van der Waals surface area contributed by atoms with E-state index in [0.29, 0.717) is 81.8 Å². The highest BCUT2D eigenvalue weighted by atomic mass is 16.5. The number of benzene rings is 2. The molecule has 3 atom stereocenters. The van der Waals surface area contributed by atoms with Gasteiger partial charge in [0.2, 0.25) is 0 Å². The Balaban J connectivity index is 0.000000220. The van der Waals surface area contributed by atoms with Gasteiger partial charge < -0.3 is 31.2 Å². The molecule has 2 aliphatic rings. The predicted molar refractivity (Wildman–Crippen MR) is 155 cm³/mol. The summed E-state index contributed by atoms with van der Waals surface area (Å²) < 4.78 is 11.6. The van der Waals surface area contributed by atoms with Gasteiger partial charge in [0.15, 0.2) is 0 Å². The standard InChI is InChI=1S/2C16H23NO3/c17-8-7-16(19)13-4-2-6-15(10-13)20-11-12-3-1-5-14(18)9-12;17-9-8-16(19)13-2-1-3-15(10-13)20-11-12-4-6-14(18)7-5-12/h2,4,6,10,12,16,19H,1,3,5,7-9,11,17H2;1-3,10,12,16,19H,4-9,11,17H2. The van der Waals surface area contributed by atoms with E-state index in [2.05, 4.69) is 0 Å². The first-order valence-electron chi connectivity index (χ1n) is 14.6. The van der Waals surface area contributed by atoms with Gasteiger partial charge in [-0.2, -0.15) is 0 Å². The number of rotatable bonds is 12.